The van der Waals surface area contributed by atoms with Gasteiger partial charge in [0.1, 0.15) is 11.2 Å². The average Bonchev–Trinajstić information content (AvgIpc) is 0.742. The van der Waals surface area contributed by atoms with Gasteiger partial charge in [-0.05, 0) is 211 Å². The Hall–Kier alpha value is -10.8. The molecule has 0 spiro atoms. The van der Waals surface area contributed by atoms with E-state index in [9.17, 15) is 19.8 Å². The molecule has 2 aliphatic carbocycles. The van der Waals surface area contributed by atoms with E-state index in [1.807, 2.05) is 84.9 Å². The molecule has 0 saturated carbocycles. The van der Waals surface area contributed by atoms with E-state index >= 15 is 0 Å². The topological polar surface area (TPSA) is 121 Å². The summed E-state index contributed by atoms with van der Waals surface area (Å²) >= 11 is 10.5. The van der Waals surface area contributed by atoms with E-state index in [4.69, 9.17) is 14.6 Å². The molecular weight excluding hydrogens is 1600 g/mol. The second-order valence-corrected chi connectivity index (χ2v) is 30.6. The summed E-state index contributed by atoms with van der Waals surface area (Å²) in [7, 11) is 0. The number of ether oxygens (including phenoxy) is 1. The number of aliphatic hydroxyl groups is 2. The van der Waals surface area contributed by atoms with Crippen LogP contribution in [0.4, 0.5) is 4.70 Å². The van der Waals surface area contributed by atoms with Gasteiger partial charge in [0.05, 0.1) is 0 Å². The first-order chi connectivity index (χ1) is 54.5. The van der Waals surface area contributed by atoms with Gasteiger partial charge < -0.3 is 27.0 Å². The minimum Gasteiger partial charge on any atom is -0.481 e. The van der Waals surface area contributed by atoms with Crippen molar-refractivity contribution in [2.24, 2.45) is 0 Å². The molecule has 0 atom stereocenters. The predicted octanol–water partition coefficient (Wildman–Crippen LogP) is 23.8. The quantitative estimate of drug-likeness (QED) is 0.0891. The van der Waals surface area contributed by atoms with Gasteiger partial charge in [-0.3, -0.25) is 19.1 Å². The minimum absolute atomic E-state index is 0. The largest absolute Gasteiger partial charge is 1.00 e. The van der Waals surface area contributed by atoms with Crippen molar-refractivity contribution in [1.82, 2.24) is 0 Å². The monoisotopic (exact) mass is 1680 g/mol. The van der Waals surface area contributed by atoms with Crippen molar-refractivity contribution >= 4 is 141 Å². The van der Waals surface area contributed by atoms with Crippen molar-refractivity contribution in [3.05, 3.63) is 422 Å². The van der Waals surface area contributed by atoms with Gasteiger partial charge in [-0.1, -0.05) is 340 Å². The Kier molecular flexibility index (Phi) is 27.2. The molecule has 17 aromatic rings. The van der Waals surface area contributed by atoms with Crippen molar-refractivity contribution in [1.29, 1.82) is 0 Å². The molecule has 0 radical (unpaired) electrons. The van der Waals surface area contributed by atoms with E-state index in [0.29, 0.717) is 44.5 Å². The number of hydrogen-bond acceptors (Lipinski definition) is 6. The first kappa shape index (κ1) is 82.7. The van der Waals surface area contributed by atoms with Crippen molar-refractivity contribution in [3.63, 3.8) is 0 Å². The van der Waals surface area contributed by atoms with Crippen LogP contribution >= 0.6 is 47.8 Å². The predicted molar refractivity (Wildman–Crippen MR) is 475 cm³/mol. The number of hydrogen-bond donors (Lipinski definition) is 3. The Morgan fingerprint density at radius 1 is 0.360 bits per heavy atom. The zero-order valence-electron chi connectivity index (χ0n) is 63.4. The van der Waals surface area contributed by atoms with Crippen LogP contribution in [0.3, 0.4) is 0 Å². The van der Waals surface area contributed by atoms with Crippen LogP contribution in [0.2, 0.25) is 0 Å². The van der Waals surface area contributed by atoms with Gasteiger partial charge in [0.25, 0.3) is 5.97 Å². The second-order valence-electron chi connectivity index (χ2n) is 27.8. The van der Waals surface area contributed by atoms with Gasteiger partial charge in [-0.15, -0.1) is 0 Å². The zero-order valence-corrected chi connectivity index (χ0v) is 68.1. The number of carbonyl (C=O) groups excluding carboxylic acids is 2. The minimum atomic E-state index is -1.42. The molecule has 12 heteroatoms. The van der Waals surface area contributed by atoms with Gasteiger partial charge in [0.15, 0.2) is 11.6 Å². The molecule has 1 heterocycles. The molecule has 17 aromatic carbocycles. The van der Waals surface area contributed by atoms with Gasteiger partial charge in [-0.25, -0.2) is 0 Å². The molecule has 1 fully saturated rings. The third kappa shape index (κ3) is 17.5. The number of fused-ring (bicyclic) bond motifs is 11. The van der Waals surface area contributed by atoms with Crippen LogP contribution in [0.5, 0.6) is 0 Å². The van der Waals surface area contributed by atoms with E-state index in [-0.39, 0.29) is 35.1 Å². The van der Waals surface area contributed by atoms with Crippen LogP contribution in [-0.2, 0) is 20.7 Å². The number of halogens is 4. The Morgan fingerprint density at radius 2 is 0.649 bits per heavy atom. The summed E-state index contributed by atoms with van der Waals surface area (Å²) in [5, 5.41) is 49.8. The maximum absolute atomic E-state index is 12.6. The van der Waals surface area contributed by atoms with Crippen LogP contribution in [0.15, 0.2) is 359 Å². The fraction of sp³-hybridized carbons (Fsp3) is 0.0980. The van der Waals surface area contributed by atoms with E-state index < -0.39 is 17.2 Å². The first-order valence-electron chi connectivity index (χ1n) is 37.5. The number of ketones is 2. The Labute approximate surface area is 700 Å². The molecule has 0 unspecified atom stereocenters. The summed E-state index contributed by atoms with van der Waals surface area (Å²) in [4.78, 5) is 33.4. The number of unbranched alkanes of at least 4 members (excludes halogenated alkanes) is 1. The molecule has 560 valence electrons. The summed E-state index contributed by atoms with van der Waals surface area (Å²) in [6, 6.07) is 117. The van der Waals surface area contributed by atoms with E-state index in [2.05, 4.69) is 280 Å². The number of carboxylic acid groups (broad SMARTS) is 1. The van der Waals surface area contributed by atoms with Gasteiger partial charge in [-0.2, -0.15) is 6.42 Å². The first-order valence-corrected chi connectivity index (χ1v) is 39.9. The van der Waals surface area contributed by atoms with Crippen LogP contribution in [0.1, 0.15) is 105 Å². The van der Waals surface area contributed by atoms with Crippen LogP contribution < -0.4 is 18.9 Å². The average molecular weight is 1680 g/mol. The third-order valence-electron chi connectivity index (χ3n) is 20.6. The summed E-state index contributed by atoms with van der Waals surface area (Å²) < 4.78 is 7.97. The zero-order chi connectivity index (χ0) is 77.9. The standard InChI is InChI=1S/C34H21Br.C34H24O2.C14H7BrO2.C10H7Br.C4H8O.C4H9.C2H4O2.FH.Li/c35-28-17-18-31-32(21-28)34(27-16-14-23-8-2-4-10-25(23)20-27)30-12-6-5-11-29(30)33(31)26-15-13-22-7-1-3-9-24(22)19-26;35-33(27-19-17-23-9-1-3-11-25(23)21-27)29-13-5-7-15-31(29)34(36,32-16-8-6-14-30(32)33)28-20-18-24-10-2-4-12-26(24)22-28;15-8-5-6-11-12(7-8)14(17)10-4-2-1-3-9(10)13(11)16;11-10-6-5-8-3-1-2-4-9(8)7-10;1-2-4-5-3-1;1-3-4-2;1-2(3)4;;/h1-21H;1-22,35-36H;1-7H;1-7H;1-4H2;1,3-4H2,2H3;1H3,(H,3,4);1H;/q;;;;;-1;;;+1. The SMILES string of the molecule is Brc1ccc2c(-c3ccc4ccccc4c3)c3ccccc3c(-c3ccc4ccccc4c3)c2c1.Brc1ccc2ccccc2c1.C1CCOC1.CC(=O)O.F.O=C1c2ccccc2C(=O)c2cc(Br)ccc21.OC1(c2ccc3ccccc3c2)c2ccccc2C(O)(c2ccc3ccccc3c2)c2ccccc21.[CH2-]CCC.[Li+]. The molecule has 1 saturated heterocycles. The third-order valence-corrected chi connectivity index (χ3v) is 22.1. The smallest absolute Gasteiger partial charge is 0.481 e. The maximum atomic E-state index is 12.6. The Bertz CT molecular complexity index is 6180. The second kappa shape index (κ2) is 37.5. The fourth-order valence-electron chi connectivity index (χ4n) is 15.2. The molecule has 114 heavy (non-hydrogen) atoms. The van der Waals surface area contributed by atoms with Crippen LogP contribution in [0.25, 0.3) is 97.7 Å². The van der Waals surface area contributed by atoms with Crippen LogP contribution in [-0.4, -0.2) is 46.1 Å². The summed E-state index contributed by atoms with van der Waals surface area (Å²) in [5.41, 5.74) is 8.49. The summed E-state index contributed by atoms with van der Waals surface area (Å²) in [6.07, 6.45) is 4.83. The van der Waals surface area contributed by atoms with E-state index in [1.54, 1.807) is 42.5 Å². The van der Waals surface area contributed by atoms with Gasteiger partial charge in [0, 0.05) is 55.8 Å². The molecular formula is C102H81Br3FLiO7. The molecule has 0 bridgehead atoms. The molecule has 20 rings (SSSR count). The normalized spacial score (nSPS) is 14.6. The Morgan fingerprint density at radius 3 is 1.05 bits per heavy atom. The molecule has 3 N–H and O–H groups in total. The van der Waals surface area contributed by atoms with Crippen molar-refractivity contribution in [2.75, 3.05) is 13.2 Å². The number of benzene rings is 17. The van der Waals surface area contributed by atoms with Crippen molar-refractivity contribution in [2.45, 2.75) is 50.7 Å². The van der Waals surface area contributed by atoms with Gasteiger partial charge in [0.2, 0.25) is 0 Å². The number of carboxylic acids is 1. The van der Waals surface area contributed by atoms with Crippen molar-refractivity contribution < 1.29 is 58.0 Å². The number of carbonyl (C=O) groups is 3. The van der Waals surface area contributed by atoms with E-state index in [1.165, 1.54) is 95.4 Å². The number of aliphatic carboxylic acids is 1. The molecule has 7 nitrogen and oxygen atoms in total. The summed E-state index contributed by atoms with van der Waals surface area (Å²) in [6.45, 7) is 8.81. The molecule has 3 aliphatic rings. The number of rotatable bonds is 5. The maximum Gasteiger partial charge on any atom is 1.00 e. The van der Waals surface area contributed by atoms with Crippen molar-refractivity contribution in [3.8, 4) is 22.3 Å². The van der Waals surface area contributed by atoms with E-state index in [0.717, 1.165) is 72.6 Å². The summed E-state index contributed by atoms with van der Waals surface area (Å²) in [5.74, 6) is -1.00. The fourth-order valence-corrected chi connectivity index (χ4v) is 16.3. The molecule has 0 aromatic heterocycles. The molecule has 1 aliphatic heterocycles. The van der Waals surface area contributed by atoms with Gasteiger partial charge >= 0.3 is 18.9 Å². The molecule has 0 amide bonds. The Balaban J connectivity index is 0.000000141. The van der Waals surface area contributed by atoms with Crippen LogP contribution in [0, 0.1) is 6.92 Å².